The first-order chi connectivity index (χ1) is 17.9. The Morgan fingerprint density at radius 3 is 2.55 bits per heavy atom. The van der Waals surface area contributed by atoms with E-state index in [0.717, 1.165) is 0 Å². The summed E-state index contributed by atoms with van der Waals surface area (Å²) in [5, 5.41) is 22.0. The van der Waals surface area contributed by atoms with E-state index in [0.29, 0.717) is 23.7 Å². The number of aliphatic hydroxyl groups is 1. The van der Waals surface area contributed by atoms with Gasteiger partial charge in [-0.25, -0.2) is 9.59 Å². The molecule has 0 saturated carbocycles. The number of hydrogen-bond acceptors (Lipinski definition) is 7. The quantitative estimate of drug-likeness (QED) is 0.429. The Hall–Kier alpha value is -3.80. The summed E-state index contributed by atoms with van der Waals surface area (Å²) >= 11 is 0. The number of nitrogens with zero attached hydrogens (tertiary/aromatic N) is 3. The Labute approximate surface area is 222 Å². The molecule has 0 fully saturated rings. The molecule has 0 unspecified atom stereocenters. The van der Waals surface area contributed by atoms with Gasteiger partial charge in [0.15, 0.2) is 11.5 Å². The number of para-hydroxylation sites is 1. The van der Waals surface area contributed by atoms with Gasteiger partial charge in [0.1, 0.15) is 17.5 Å². The summed E-state index contributed by atoms with van der Waals surface area (Å²) in [4.78, 5) is 42.2. The maximum Gasteiger partial charge on any atom is 0.323 e. The van der Waals surface area contributed by atoms with Crippen LogP contribution in [0.5, 0.6) is 5.75 Å². The second-order valence-electron chi connectivity index (χ2n) is 10.1. The highest BCUT2D eigenvalue weighted by Crippen LogP contribution is 2.35. The minimum absolute atomic E-state index is 0.0353. The van der Waals surface area contributed by atoms with Gasteiger partial charge in [-0.15, -0.1) is 0 Å². The summed E-state index contributed by atoms with van der Waals surface area (Å²) in [7, 11) is 1.67. The standard InChI is InChI=1S/C26H38N6O6/c1-14(2)27-26(36)31(7)12-21-15(3)11-32(16(4)13-33)24(34)19-9-8-10-20(23(19)37-21)28-25(35)29-22-17(5)30-38-18(22)6/h8-10,14-16,21,33H,11-13H2,1-7H3,(H,27,36)(H2,28,29,35)/t15-,16+,21-/m0/s1. The fraction of sp³-hybridized carbons (Fsp3) is 0.538. The van der Waals surface area contributed by atoms with Crippen LogP contribution < -0.4 is 20.7 Å². The van der Waals surface area contributed by atoms with Gasteiger partial charge in [-0.3, -0.25) is 4.79 Å². The average molecular weight is 531 g/mol. The van der Waals surface area contributed by atoms with Crippen LogP contribution in [0, 0.1) is 19.8 Å². The first-order valence-electron chi connectivity index (χ1n) is 12.7. The van der Waals surface area contributed by atoms with Crippen LogP contribution in [0.4, 0.5) is 21.0 Å². The fourth-order valence-electron chi connectivity index (χ4n) is 4.20. The van der Waals surface area contributed by atoms with E-state index >= 15 is 0 Å². The van der Waals surface area contributed by atoms with Gasteiger partial charge in [0.05, 0.1) is 30.4 Å². The van der Waals surface area contributed by atoms with Crippen molar-refractivity contribution in [1.29, 1.82) is 0 Å². The smallest absolute Gasteiger partial charge is 0.323 e. The molecule has 1 aliphatic heterocycles. The van der Waals surface area contributed by atoms with Gasteiger partial charge in [0.25, 0.3) is 5.91 Å². The SMILES string of the molecule is Cc1noc(C)c1NC(=O)Nc1cccc2c1O[C@@H](CN(C)C(=O)NC(C)C)[C@@H](C)CN([C@H](C)CO)C2=O. The number of hydrogen-bond donors (Lipinski definition) is 4. The lowest BCUT2D eigenvalue weighted by molar-refractivity contribution is 0.0368. The number of rotatable bonds is 7. The molecule has 1 aromatic carbocycles. The molecule has 2 heterocycles. The Morgan fingerprint density at radius 2 is 1.95 bits per heavy atom. The molecule has 1 aromatic heterocycles. The fourth-order valence-corrected chi connectivity index (χ4v) is 4.20. The van der Waals surface area contributed by atoms with Crippen LogP contribution in [0.3, 0.4) is 0 Å². The van der Waals surface area contributed by atoms with Crippen LogP contribution in [-0.2, 0) is 0 Å². The highest BCUT2D eigenvalue weighted by Gasteiger charge is 2.35. The van der Waals surface area contributed by atoms with Crippen molar-refractivity contribution in [2.24, 2.45) is 5.92 Å². The molecule has 5 amide bonds. The third-order valence-electron chi connectivity index (χ3n) is 6.42. The highest BCUT2D eigenvalue weighted by molar-refractivity contribution is 6.04. The van der Waals surface area contributed by atoms with E-state index < -0.39 is 18.2 Å². The first kappa shape index (κ1) is 28.8. The van der Waals surface area contributed by atoms with E-state index in [1.807, 2.05) is 20.8 Å². The van der Waals surface area contributed by atoms with Crippen LogP contribution in [0.2, 0.25) is 0 Å². The van der Waals surface area contributed by atoms with Crippen LogP contribution in [0.15, 0.2) is 22.7 Å². The minimum atomic E-state index is -0.565. The molecule has 12 nitrogen and oxygen atoms in total. The lowest BCUT2D eigenvalue weighted by Gasteiger charge is -2.38. The second kappa shape index (κ2) is 12.2. The molecule has 3 atom stereocenters. The third-order valence-corrected chi connectivity index (χ3v) is 6.42. The number of carbonyl (C=O) groups is 3. The Balaban J connectivity index is 1.97. The van der Waals surface area contributed by atoms with Gasteiger partial charge >= 0.3 is 12.1 Å². The number of anilines is 2. The molecule has 208 valence electrons. The third kappa shape index (κ3) is 6.55. The van der Waals surface area contributed by atoms with Gasteiger partial charge in [-0.05, 0) is 46.8 Å². The van der Waals surface area contributed by atoms with Crippen molar-refractivity contribution in [2.75, 3.05) is 37.4 Å². The van der Waals surface area contributed by atoms with E-state index in [1.165, 1.54) is 4.90 Å². The Bertz CT molecular complexity index is 1150. The summed E-state index contributed by atoms with van der Waals surface area (Å²) in [5.41, 5.74) is 1.50. The van der Waals surface area contributed by atoms with Crippen molar-refractivity contribution in [3.63, 3.8) is 0 Å². The summed E-state index contributed by atoms with van der Waals surface area (Å²) in [6, 6.07) is 3.61. The van der Waals surface area contributed by atoms with Gasteiger partial charge in [-0.1, -0.05) is 18.1 Å². The number of likely N-dealkylation sites (N-methyl/N-ethyl adjacent to an activating group) is 1. The van der Waals surface area contributed by atoms with Crippen LogP contribution >= 0.6 is 0 Å². The number of aryl methyl sites for hydroxylation is 2. The van der Waals surface area contributed by atoms with Crippen LogP contribution in [0.25, 0.3) is 0 Å². The number of aromatic nitrogens is 1. The number of urea groups is 2. The lowest BCUT2D eigenvalue weighted by Crippen LogP contribution is -2.51. The van der Waals surface area contributed by atoms with E-state index in [9.17, 15) is 19.5 Å². The molecule has 2 aromatic rings. The Kier molecular flexibility index (Phi) is 9.21. The van der Waals surface area contributed by atoms with Crippen LogP contribution in [0.1, 0.15) is 49.5 Å². The number of carbonyl (C=O) groups excluding carboxylic acids is 3. The maximum atomic E-state index is 13.6. The van der Waals surface area contributed by atoms with Crippen molar-refractivity contribution < 1.29 is 28.8 Å². The van der Waals surface area contributed by atoms with Gasteiger partial charge in [0, 0.05) is 25.6 Å². The zero-order valence-corrected chi connectivity index (χ0v) is 23.0. The molecule has 0 bridgehead atoms. The zero-order valence-electron chi connectivity index (χ0n) is 23.0. The molecule has 4 N–H and O–H groups in total. The van der Waals surface area contributed by atoms with E-state index in [2.05, 4.69) is 21.1 Å². The average Bonchev–Trinajstić information content (AvgIpc) is 3.17. The molecule has 0 saturated heterocycles. The number of benzene rings is 1. The molecular weight excluding hydrogens is 492 g/mol. The number of aliphatic hydroxyl groups excluding tert-OH is 1. The molecule has 0 radical (unpaired) electrons. The van der Waals surface area contributed by atoms with E-state index in [-0.39, 0.29) is 54.1 Å². The van der Waals surface area contributed by atoms with Crippen molar-refractivity contribution in [1.82, 2.24) is 20.3 Å². The summed E-state index contributed by atoms with van der Waals surface area (Å²) < 4.78 is 11.5. The summed E-state index contributed by atoms with van der Waals surface area (Å²) in [6.45, 7) is 11.2. The number of fused-ring (bicyclic) bond motifs is 1. The molecule has 0 spiro atoms. The second-order valence-corrected chi connectivity index (χ2v) is 10.1. The largest absolute Gasteiger partial charge is 0.485 e. The van der Waals surface area contributed by atoms with Crippen molar-refractivity contribution >= 4 is 29.3 Å². The van der Waals surface area contributed by atoms with Gasteiger partial charge in [-0.2, -0.15) is 0 Å². The number of amides is 5. The number of nitrogens with one attached hydrogen (secondary N) is 3. The van der Waals surface area contributed by atoms with E-state index in [1.54, 1.807) is 50.9 Å². The van der Waals surface area contributed by atoms with Crippen LogP contribution in [-0.4, -0.2) is 83.0 Å². The van der Waals surface area contributed by atoms with E-state index in [4.69, 9.17) is 9.26 Å². The lowest BCUT2D eigenvalue weighted by atomic mass is 9.99. The maximum absolute atomic E-state index is 13.6. The van der Waals surface area contributed by atoms with Crippen molar-refractivity contribution in [3.8, 4) is 5.75 Å². The highest BCUT2D eigenvalue weighted by atomic mass is 16.5. The summed E-state index contributed by atoms with van der Waals surface area (Å²) in [5.74, 6) is 0.112. The van der Waals surface area contributed by atoms with Gasteiger partial charge in [0.2, 0.25) is 0 Å². The monoisotopic (exact) mass is 530 g/mol. The topological polar surface area (TPSA) is 149 Å². The first-order valence-corrected chi connectivity index (χ1v) is 12.7. The Morgan fingerprint density at radius 1 is 1.24 bits per heavy atom. The molecule has 3 rings (SSSR count). The molecule has 38 heavy (non-hydrogen) atoms. The minimum Gasteiger partial charge on any atom is -0.485 e. The normalized spacial score (nSPS) is 18.1. The molecule has 12 heteroatoms. The molecule has 1 aliphatic rings. The van der Waals surface area contributed by atoms with Crippen molar-refractivity contribution in [3.05, 3.63) is 35.2 Å². The predicted octanol–water partition coefficient (Wildman–Crippen LogP) is 3.21. The predicted molar refractivity (Wildman–Crippen MR) is 143 cm³/mol. The molecular formula is C26H38N6O6. The zero-order chi connectivity index (χ0) is 28.1. The van der Waals surface area contributed by atoms with Gasteiger partial charge < -0.3 is 40.1 Å². The molecule has 0 aliphatic carbocycles. The summed E-state index contributed by atoms with van der Waals surface area (Å²) in [6.07, 6.45) is -0.522. The number of ether oxygens (including phenoxy) is 1. The van der Waals surface area contributed by atoms with Crippen molar-refractivity contribution in [2.45, 2.75) is 59.7 Å².